The molecule has 0 aliphatic heterocycles. The molecule has 1 atom stereocenters. The number of rotatable bonds is 6. The number of aromatic hydroxyl groups is 2. The molecule has 0 aliphatic rings. The van der Waals surface area contributed by atoms with Gasteiger partial charge in [-0.25, -0.2) is 0 Å². The van der Waals surface area contributed by atoms with Crippen molar-refractivity contribution in [3.63, 3.8) is 0 Å². The molecule has 0 saturated heterocycles. The first-order valence-electron chi connectivity index (χ1n) is 6.42. The molecule has 2 rings (SSSR count). The second-order valence-electron chi connectivity index (χ2n) is 4.71. The van der Waals surface area contributed by atoms with E-state index in [-0.39, 0.29) is 11.5 Å². The van der Waals surface area contributed by atoms with Gasteiger partial charge < -0.3 is 19.9 Å². The summed E-state index contributed by atoms with van der Waals surface area (Å²) in [6.07, 6.45) is 3.54. The highest BCUT2D eigenvalue weighted by Gasteiger charge is 2.06. The predicted octanol–water partition coefficient (Wildman–Crippen LogP) is 2.80. The summed E-state index contributed by atoms with van der Waals surface area (Å²) < 4.78 is 5.28. The number of hydrogen-bond acceptors (Lipinski definition) is 4. The van der Waals surface area contributed by atoms with Crippen molar-refractivity contribution in [3.05, 3.63) is 47.9 Å². The van der Waals surface area contributed by atoms with E-state index in [1.54, 1.807) is 18.4 Å². The Balaban J connectivity index is 1.78. The molecule has 19 heavy (non-hydrogen) atoms. The maximum Gasteiger partial charge on any atom is 0.123 e. The lowest BCUT2D eigenvalue weighted by molar-refractivity contribution is 0.434. The van der Waals surface area contributed by atoms with Crippen LogP contribution in [-0.2, 0) is 13.0 Å². The highest BCUT2D eigenvalue weighted by Crippen LogP contribution is 2.22. The minimum Gasteiger partial charge on any atom is -0.508 e. The van der Waals surface area contributed by atoms with E-state index in [0.29, 0.717) is 12.6 Å². The molecule has 0 bridgehead atoms. The normalized spacial score (nSPS) is 12.5. The first-order valence-corrected chi connectivity index (χ1v) is 6.42. The summed E-state index contributed by atoms with van der Waals surface area (Å²) in [6.45, 7) is 2.67. The van der Waals surface area contributed by atoms with Gasteiger partial charge in [-0.05, 0) is 31.5 Å². The van der Waals surface area contributed by atoms with Crippen LogP contribution in [0.2, 0.25) is 0 Å². The molecule has 0 aliphatic carbocycles. The number of hydrogen-bond donors (Lipinski definition) is 3. The third-order valence-corrected chi connectivity index (χ3v) is 3.11. The fourth-order valence-electron chi connectivity index (χ4n) is 1.90. The van der Waals surface area contributed by atoms with Crippen molar-refractivity contribution in [2.75, 3.05) is 0 Å². The molecule has 4 heteroatoms. The van der Waals surface area contributed by atoms with E-state index in [0.717, 1.165) is 24.2 Å². The lowest BCUT2D eigenvalue weighted by Crippen LogP contribution is -2.25. The Kier molecular flexibility index (Phi) is 4.47. The van der Waals surface area contributed by atoms with Gasteiger partial charge in [0.2, 0.25) is 0 Å². The van der Waals surface area contributed by atoms with Crippen molar-refractivity contribution in [2.24, 2.45) is 0 Å². The van der Waals surface area contributed by atoms with E-state index in [1.165, 1.54) is 6.07 Å². The average Bonchev–Trinajstić information content (AvgIpc) is 2.88. The Labute approximate surface area is 112 Å². The Bertz CT molecular complexity index is 508. The molecule has 2 aromatic rings. The molecule has 1 aromatic heterocycles. The van der Waals surface area contributed by atoms with E-state index in [1.807, 2.05) is 12.1 Å². The molecule has 0 radical (unpaired) electrons. The number of nitrogens with one attached hydrogen (secondary N) is 1. The van der Waals surface area contributed by atoms with E-state index in [2.05, 4.69) is 12.2 Å². The van der Waals surface area contributed by atoms with Gasteiger partial charge in [-0.3, -0.25) is 0 Å². The van der Waals surface area contributed by atoms with Crippen LogP contribution >= 0.6 is 0 Å². The third kappa shape index (κ3) is 4.03. The van der Waals surface area contributed by atoms with Crippen molar-refractivity contribution < 1.29 is 14.6 Å². The summed E-state index contributed by atoms with van der Waals surface area (Å²) in [7, 11) is 0. The Hall–Kier alpha value is -1.94. The highest BCUT2D eigenvalue weighted by molar-refractivity contribution is 5.38. The standard InChI is InChI=1S/C15H19NO3/c1-11(4-7-14-3-2-8-19-14)16-10-12-5-6-13(17)9-15(12)18/h2-3,5-6,8-9,11,16-18H,4,7,10H2,1H3. The fraction of sp³-hybridized carbons (Fsp3) is 0.333. The molecule has 0 amide bonds. The maximum absolute atomic E-state index is 9.67. The van der Waals surface area contributed by atoms with Crippen LogP contribution in [0.25, 0.3) is 0 Å². The highest BCUT2D eigenvalue weighted by atomic mass is 16.3. The van der Waals surface area contributed by atoms with E-state index >= 15 is 0 Å². The summed E-state index contributed by atoms with van der Waals surface area (Å²) in [6, 6.07) is 8.82. The predicted molar refractivity (Wildman–Crippen MR) is 73.1 cm³/mol. The Morgan fingerprint density at radius 1 is 1.26 bits per heavy atom. The summed E-state index contributed by atoms with van der Waals surface area (Å²) in [5.74, 6) is 1.18. The summed E-state index contributed by atoms with van der Waals surface area (Å²) >= 11 is 0. The van der Waals surface area contributed by atoms with Crippen LogP contribution in [0.4, 0.5) is 0 Å². The van der Waals surface area contributed by atoms with Gasteiger partial charge in [0, 0.05) is 30.6 Å². The van der Waals surface area contributed by atoms with Crippen LogP contribution in [0.5, 0.6) is 11.5 Å². The molecule has 1 aromatic carbocycles. The second-order valence-corrected chi connectivity index (χ2v) is 4.71. The fourth-order valence-corrected chi connectivity index (χ4v) is 1.90. The van der Waals surface area contributed by atoms with Crippen LogP contribution in [0, 0.1) is 0 Å². The van der Waals surface area contributed by atoms with Crippen LogP contribution in [-0.4, -0.2) is 16.3 Å². The molecule has 4 nitrogen and oxygen atoms in total. The summed E-state index contributed by atoms with van der Waals surface area (Å²) in [5.41, 5.74) is 0.780. The number of benzene rings is 1. The molecule has 0 saturated carbocycles. The number of phenolic OH excluding ortho intramolecular Hbond substituents is 2. The van der Waals surface area contributed by atoms with Gasteiger partial charge in [-0.2, -0.15) is 0 Å². The zero-order valence-corrected chi connectivity index (χ0v) is 11.0. The SMILES string of the molecule is CC(CCc1ccco1)NCc1ccc(O)cc1O. The second kappa shape index (κ2) is 6.29. The quantitative estimate of drug-likeness (QED) is 0.748. The van der Waals surface area contributed by atoms with Gasteiger partial charge in [0.1, 0.15) is 17.3 Å². The first kappa shape index (κ1) is 13.5. The first-order chi connectivity index (χ1) is 9.15. The molecular weight excluding hydrogens is 242 g/mol. The molecule has 0 spiro atoms. The molecular formula is C15H19NO3. The Morgan fingerprint density at radius 3 is 2.79 bits per heavy atom. The van der Waals surface area contributed by atoms with Crippen LogP contribution in [0.1, 0.15) is 24.7 Å². The molecule has 1 heterocycles. The van der Waals surface area contributed by atoms with Crippen molar-refractivity contribution in [1.29, 1.82) is 0 Å². The topological polar surface area (TPSA) is 65.6 Å². The third-order valence-electron chi connectivity index (χ3n) is 3.11. The minimum absolute atomic E-state index is 0.0760. The monoisotopic (exact) mass is 261 g/mol. The number of furan rings is 1. The zero-order valence-electron chi connectivity index (χ0n) is 11.0. The number of aryl methyl sites for hydroxylation is 1. The van der Waals surface area contributed by atoms with E-state index in [4.69, 9.17) is 4.42 Å². The molecule has 3 N–H and O–H groups in total. The summed E-state index contributed by atoms with van der Waals surface area (Å²) in [4.78, 5) is 0. The van der Waals surface area contributed by atoms with Gasteiger partial charge in [0.05, 0.1) is 6.26 Å². The van der Waals surface area contributed by atoms with E-state index < -0.39 is 0 Å². The van der Waals surface area contributed by atoms with Crippen molar-refractivity contribution >= 4 is 0 Å². The minimum atomic E-state index is 0.0760. The number of phenols is 2. The molecule has 1 unspecified atom stereocenters. The summed E-state index contributed by atoms with van der Waals surface area (Å²) in [5, 5.41) is 22.2. The van der Waals surface area contributed by atoms with Crippen LogP contribution in [0.3, 0.4) is 0 Å². The average molecular weight is 261 g/mol. The van der Waals surface area contributed by atoms with E-state index in [9.17, 15) is 10.2 Å². The lowest BCUT2D eigenvalue weighted by Gasteiger charge is -2.14. The van der Waals surface area contributed by atoms with Gasteiger partial charge in [0.25, 0.3) is 0 Å². The van der Waals surface area contributed by atoms with Gasteiger partial charge in [-0.1, -0.05) is 6.07 Å². The van der Waals surface area contributed by atoms with Crippen molar-refractivity contribution in [1.82, 2.24) is 5.32 Å². The van der Waals surface area contributed by atoms with Crippen molar-refractivity contribution in [2.45, 2.75) is 32.4 Å². The van der Waals surface area contributed by atoms with Gasteiger partial charge >= 0.3 is 0 Å². The van der Waals surface area contributed by atoms with Crippen LogP contribution < -0.4 is 5.32 Å². The Morgan fingerprint density at radius 2 is 2.11 bits per heavy atom. The zero-order chi connectivity index (χ0) is 13.7. The van der Waals surface area contributed by atoms with Crippen LogP contribution in [0.15, 0.2) is 41.0 Å². The maximum atomic E-state index is 9.67. The molecule has 102 valence electrons. The van der Waals surface area contributed by atoms with Gasteiger partial charge in [-0.15, -0.1) is 0 Å². The smallest absolute Gasteiger partial charge is 0.123 e. The molecule has 0 fully saturated rings. The van der Waals surface area contributed by atoms with Gasteiger partial charge in [0.15, 0.2) is 0 Å². The largest absolute Gasteiger partial charge is 0.508 e. The van der Waals surface area contributed by atoms with Crippen molar-refractivity contribution in [3.8, 4) is 11.5 Å². The lowest BCUT2D eigenvalue weighted by atomic mass is 10.1.